The Morgan fingerprint density at radius 3 is 2.52 bits per heavy atom. The van der Waals surface area contributed by atoms with Crippen LogP contribution in [-0.4, -0.2) is 53.9 Å². The highest BCUT2D eigenvalue weighted by Gasteiger charge is 2.15. The molecule has 0 aromatic carbocycles. The molecule has 0 aliphatic carbocycles. The number of amides is 4. The maximum Gasteiger partial charge on any atom is 0.315 e. The molecule has 0 radical (unpaired) electrons. The zero-order chi connectivity index (χ0) is 17.9. The van der Waals surface area contributed by atoms with Crippen LogP contribution >= 0.6 is 0 Å². The lowest BCUT2D eigenvalue weighted by Gasteiger charge is -2.20. The maximum absolute atomic E-state index is 12.1. The monoisotopic (exact) mass is 347 g/mol. The van der Waals surface area contributed by atoms with Crippen molar-refractivity contribution < 1.29 is 14.4 Å². The first-order valence-corrected chi connectivity index (χ1v) is 8.64. The molecule has 2 rings (SSSR count). The molecular formula is C17H25N5O3. The SMILES string of the molecule is O=C(CNC(=O)NCCC(=O)N1CCCCCC1)Nc1cccnc1. The third-order valence-electron chi connectivity index (χ3n) is 3.94. The molecule has 0 saturated carbocycles. The summed E-state index contributed by atoms with van der Waals surface area (Å²) in [6.45, 7) is 1.71. The molecule has 1 fully saturated rings. The Bertz CT molecular complexity index is 571. The van der Waals surface area contributed by atoms with Crippen molar-refractivity contribution in [1.29, 1.82) is 0 Å². The van der Waals surface area contributed by atoms with Crippen LogP contribution < -0.4 is 16.0 Å². The van der Waals surface area contributed by atoms with Crippen LogP contribution in [-0.2, 0) is 9.59 Å². The number of urea groups is 1. The van der Waals surface area contributed by atoms with Crippen LogP contribution in [0.4, 0.5) is 10.5 Å². The van der Waals surface area contributed by atoms with Gasteiger partial charge in [0.05, 0.1) is 18.4 Å². The molecule has 25 heavy (non-hydrogen) atoms. The second kappa shape index (κ2) is 10.3. The number of carbonyl (C=O) groups is 3. The van der Waals surface area contributed by atoms with Gasteiger partial charge in [-0.05, 0) is 25.0 Å². The predicted octanol–water partition coefficient (Wildman–Crippen LogP) is 1.11. The van der Waals surface area contributed by atoms with Gasteiger partial charge in [0.15, 0.2) is 0 Å². The highest BCUT2D eigenvalue weighted by Crippen LogP contribution is 2.10. The quantitative estimate of drug-likeness (QED) is 0.717. The van der Waals surface area contributed by atoms with E-state index in [0.29, 0.717) is 5.69 Å². The molecule has 0 bridgehead atoms. The lowest BCUT2D eigenvalue weighted by Crippen LogP contribution is -2.41. The van der Waals surface area contributed by atoms with E-state index in [9.17, 15) is 14.4 Å². The van der Waals surface area contributed by atoms with Crippen LogP contribution in [0.2, 0.25) is 0 Å². The van der Waals surface area contributed by atoms with Crippen molar-refractivity contribution in [3.8, 4) is 0 Å². The van der Waals surface area contributed by atoms with Gasteiger partial charge in [-0.2, -0.15) is 0 Å². The van der Waals surface area contributed by atoms with Crippen LogP contribution in [0.1, 0.15) is 32.1 Å². The van der Waals surface area contributed by atoms with Gasteiger partial charge < -0.3 is 20.9 Å². The van der Waals surface area contributed by atoms with E-state index in [0.717, 1.165) is 25.9 Å². The Labute approximate surface area is 147 Å². The summed E-state index contributed by atoms with van der Waals surface area (Å²) in [5.74, 6) is -0.277. The number of pyridine rings is 1. The van der Waals surface area contributed by atoms with Crippen molar-refractivity contribution in [1.82, 2.24) is 20.5 Å². The van der Waals surface area contributed by atoms with Gasteiger partial charge in [0.1, 0.15) is 0 Å². The fourth-order valence-corrected chi connectivity index (χ4v) is 2.63. The average molecular weight is 347 g/mol. The maximum atomic E-state index is 12.1. The number of hydrogen-bond acceptors (Lipinski definition) is 4. The molecule has 0 unspecified atom stereocenters. The molecule has 1 aromatic heterocycles. The summed E-state index contributed by atoms with van der Waals surface area (Å²) in [6.07, 6.45) is 7.84. The van der Waals surface area contributed by atoms with E-state index < -0.39 is 6.03 Å². The molecule has 0 atom stereocenters. The minimum atomic E-state index is -0.468. The van der Waals surface area contributed by atoms with Crippen molar-refractivity contribution in [2.45, 2.75) is 32.1 Å². The van der Waals surface area contributed by atoms with E-state index in [1.54, 1.807) is 18.3 Å². The first-order valence-electron chi connectivity index (χ1n) is 8.64. The zero-order valence-electron chi connectivity index (χ0n) is 14.3. The lowest BCUT2D eigenvalue weighted by atomic mass is 10.2. The molecule has 1 aliphatic rings. The summed E-state index contributed by atoms with van der Waals surface area (Å²) in [7, 11) is 0. The molecule has 8 nitrogen and oxygen atoms in total. The molecule has 136 valence electrons. The molecule has 4 amide bonds. The van der Waals surface area contributed by atoms with E-state index in [1.807, 2.05) is 4.90 Å². The minimum Gasteiger partial charge on any atom is -0.343 e. The molecule has 0 spiro atoms. The summed E-state index contributed by atoms with van der Waals surface area (Å²) in [6, 6.07) is 2.95. The largest absolute Gasteiger partial charge is 0.343 e. The second-order valence-electron chi connectivity index (χ2n) is 5.94. The Kier molecular flexibility index (Phi) is 7.68. The molecular weight excluding hydrogens is 322 g/mol. The fourth-order valence-electron chi connectivity index (χ4n) is 2.63. The normalized spacial score (nSPS) is 14.3. The summed E-state index contributed by atoms with van der Waals surface area (Å²) in [5, 5.41) is 7.67. The van der Waals surface area contributed by atoms with Crippen molar-refractivity contribution in [2.75, 3.05) is 31.5 Å². The van der Waals surface area contributed by atoms with Crippen LogP contribution in [0, 0.1) is 0 Å². The van der Waals surface area contributed by atoms with Crippen LogP contribution in [0.25, 0.3) is 0 Å². The van der Waals surface area contributed by atoms with Crippen molar-refractivity contribution in [3.05, 3.63) is 24.5 Å². The van der Waals surface area contributed by atoms with E-state index in [4.69, 9.17) is 0 Å². The lowest BCUT2D eigenvalue weighted by molar-refractivity contribution is -0.131. The van der Waals surface area contributed by atoms with Crippen LogP contribution in [0.5, 0.6) is 0 Å². The molecule has 8 heteroatoms. The molecule has 1 aliphatic heterocycles. The van der Waals surface area contributed by atoms with Crippen molar-refractivity contribution in [2.24, 2.45) is 0 Å². The Morgan fingerprint density at radius 2 is 1.84 bits per heavy atom. The Hall–Kier alpha value is -2.64. The summed E-state index contributed by atoms with van der Waals surface area (Å²) in [5.41, 5.74) is 0.567. The van der Waals surface area contributed by atoms with E-state index >= 15 is 0 Å². The third kappa shape index (κ3) is 7.19. The van der Waals surface area contributed by atoms with Crippen LogP contribution in [0.15, 0.2) is 24.5 Å². The molecule has 1 saturated heterocycles. The number of likely N-dealkylation sites (tertiary alicyclic amines) is 1. The second-order valence-corrected chi connectivity index (χ2v) is 5.94. The van der Waals surface area contributed by atoms with Gasteiger partial charge in [0, 0.05) is 32.3 Å². The number of nitrogens with zero attached hydrogens (tertiary/aromatic N) is 2. The van der Waals surface area contributed by atoms with E-state index in [1.165, 1.54) is 19.0 Å². The first-order chi connectivity index (χ1) is 12.1. The summed E-state index contributed by atoms with van der Waals surface area (Å²) < 4.78 is 0. The number of carbonyl (C=O) groups excluding carboxylic acids is 3. The van der Waals surface area contributed by atoms with Gasteiger partial charge in [0.2, 0.25) is 11.8 Å². The minimum absolute atomic E-state index is 0.0662. The van der Waals surface area contributed by atoms with Gasteiger partial charge in [-0.3, -0.25) is 14.6 Å². The van der Waals surface area contributed by atoms with Gasteiger partial charge in [-0.15, -0.1) is 0 Å². The van der Waals surface area contributed by atoms with Gasteiger partial charge in [0.25, 0.3) is 0 Å². The van der Waals surface area contributed by atoms with Crippen LogP contribution in [0.3, 0.4) is 0 Å². The van der Waals surface area contributed by atoms with Gasteiger partial charge >= 0.3 is 6.03 Å². The van der Waals surface area contributed by atoms with Crippen molar-refractivity contribution >= 4 is 23.5 Å². The Morgan fingerprint density at radius 1 is 1.08 bits per heavy atom. The summed E-state index contributed by atoms with van der Waals surface area (Å²) in [4.78, 5) is 41.2. The third-order valence-corrected chi connectivity index (χ3v) is 3.94. The predicted molar refractivity (Wildman–Crippen MR) is 93.9 cm³/mol. The van der Waals surface area contributed by atoms with Gasteiger partial charge in [-0.1, -0.05) is 12.8 Å². The number of hydrogen-bond donors (Lipinski definition) is 3. The average Bonchev–Trinajstić information content (AvgIpc) is 2.90. The van der Waals surface area contributed by atoms with E-state index in [2.05, 4.69) is 20.9 Å². The summed E-state index contributed by atoms with van der Waals surface area (Å²) >= 11 is 0. The highest BCUT2D eigenvalue weighted by atomic mass is 16.2. The Balaban J connectivity index is 1.58. The standard InChI is InChI=1S/C17H25N5O3/c23-15(21-14-6-5-8-18-12-14)13-20-17(25)19-9-7-16(24)22-10-3-1-2-4-11-22/h5-6,8,12H,1-4,7,9-11,13H2,(H,21,23)(H2,19,20,25). The number of nitrogens with one attached hydrogen (secondary N) is 3. The van der Waals surface area contributed by atoms with E-state index in [-0.39, 0.29) is 31.3 Å². The fraction of sp³-hybridized carbons (Fsp3) is 0.529. The van der Waals surface area contributed by atoms with Gasteiger partial charge in [-0.25, -0.2) is 4.79 Å². The number of anilines is 1. The zero-order valence-corrected chi connectivity index (χ0v) is 14.3. The topological polar surface area (TPSA) is 103 Å². The molecule has 3 N–H and O–H groups in total. The number of aromatic nitrogens is 1. The number of rotatable bonds is 6. The highest BCUT2D eigenvalue weighted by molar-refractivity contribution is 5.94. The molecule has 2 heterocycles. The molecule has 1 aromatic rings. The van der Waals surface area contributed by atoms with Crippen molar-refractivity contribution in [3.63, 3.8) is 0 Å². The first kappa shape index (κ1) is 18.7. The smallest absolute Gasteiger partial charge is 0.315 e.